The Morgan fingerprint density at radius 3 is 2.75 bits per heavy atom. The number of rotatable bonds is 10. The number of nitrogens with one attached hydrogen (secondary N) is 1. The third-order valence-corrected chi connectivity index (χ3v) is 3.34. The molecule has 2 atom stereocenters. The molecule has 0 saturated heterocycles. The Morgan fingerprint density at radius 1 is 1.38 bits per heavy atom. The first kappa shape index (κ1) is 13.9. The van der Waals surface area contributed by atoms with Crippen LogP contribution < -0.4 is 5.32 Å². The van der Waals surface area contributed by atoms with Crippen molar-refractivity contribution in [2.24, 2.45) is 11.8 Å². The molecule has 16 heavy (non-hydrogen) atoms. The monoisotopic (exact) mass is 228 g/mol. The largest absolute Gasteiger partial charge is 0.382 e. The Balaban J connectivity index is 1.79. The van der Waals surface area contributed by atoms with Gasteiger partial charge in [0.2, 0.25) is 0 Å². The molecule has 0 aliphatic heterocycles. The molecule has 0 aromatic rings. The highest BCUT2D eigenvalue weighted by Gasteiger charge is 2.32. The van der Waals surface area contributed by atoms with Crippen LogP contribution in [0.4, 0.5) is 0 Å². The van der Waals surface area contributed by atoms with Crippen LogP contribution in [-0.4, -0.2) is 51.3 Å². The quantitative estimate of drug-likeness (QED) is 0.575. The van der Waals surface area contributed by atoms with Crippen molar-refractivity contribution < 1.29 is 4.74 Å². The van der Waals surface area contributed by atoms with Crippen molar-refractivity contribution >= 4 is 0 Å². The summed E-state index contributed by atoms with van der Waals surface area (Å²) in [5.74, 6) is 1.95. The number of hydrogen-bond acceptors (Lipinski definition) is 3. The van der Waals surface area contributed by atoms with Crippen LogP contribution in [0.3, 0.4) is 0 Å². The number of nitrogens with zero attached hydrogens (tertiary/aromatic N) is 1. The third kappa shape index (κ3) is 6.46. The minimum atomic E-state index is 0.836. The van der Waals surface area contributed by atoms with Crippen LogP contribution in [0.1, 0.15) is 26.7 Å². The molecule has 0 heterocycles. The molecule has 96 valence electrons. The molecule has 0 amide bonds. The van der Waals surface area contributed by atoms with E-state index in [-0.39, 0.29) is 0 Å². The van der Waals surface area contributed by atoms with Crippen molar-refractivity contribution in [2.45, 2.75) is 26.7 Å². The van der Waals surface area contributed by atoms with Crippen molar-refractivity contribution in [1.29, 1.82) is 0 Å². The molecule has 0 aromatic heterocycles. The molecule has 0 radical (unpaired) electrons. The van der Waals surface area contributed by atoms with Crippen molar-refractivity contribution in [1.82, 2.24) is 10.2 Å². The first-order valence-corrected chi connectivity index (χ1v) is 6.71. The number of hydrogen-bond donors (Lipinski definition) is 1. The predicted octanol–water partition coefficient (Wildman–Crippen LogP) is 1.59. The second-order valence-electron chi connectivity index (χ2n) is 5.04. The van der Waals surface area contributed by atoms with Crippen LogP contribution in [0.15, 0.2) is 0 Å². The summed E-state index contributed by atoms with van der Waals surface area (Å²) >= 11 is 0. The second-order valence-corrected chi connectivity index (χ2v) is 5.04. The lowest BCUT2D eigenvalue weighted by Crippen LogP contribution is -2.31. The van der Waals surface area contributed by atoms with E-state index < -0.39 is 0 Å². The Kier molecular flexibility index (Phi) is 7.01. The fourth-order valence-electron chi connectivity index (χ4n) is 1.98. The summed E-state index contributed by atoms with van der Waals surface area (Å²) in [6.07, 6.45) is 2.56. The molecule has 1 fully saturated rings. The summed E-state index contributed by atoms with van der Waals surface area (Å²) < 4.78 is 5.28. The van der Waals surface area contributed by atoms with Gasteiger partial charge >= 0.3 is 0 Å². The van der Waals surface area contributed by atoms with Gasteiger partial charge in [-0.05, 0) is 45.2 Å². The molecule has 0 spiro atoms. The van der Waals surface area contributed by atoms with Crippen LogP contribution in [0, 0.1) is 11.8 Å². The van der Waals surface area contributed by atoms with E-state index in [0.29, 0.717) is 0 Å². The van der Waals surface area contributed by atoms with Crippen LogP contribution >= 0.6 is 0 Å². The minimum absolute atomic E-state index is 0.836. The fourth-order valence-corrected chi connectivity index (χ4v) is 1.98. The Morgan fingerprint density at radius 2 is 2.12 bits per heavy atom. The van der Waals surface area contributed by atoms with E-state index in [9.17, 15) is 0 Å². The third-order valence-electron chi connectivity index (χ3n) is 3.34. The molecule has 3 nitrogen and oxygen atoms in total. The van der Waals surface area contributed by atoms with Gasteiger partial charge in [-0.3, -0.25) is 0 Å². The molecule has 0 aromatic carbocycles. The summed E-state index contributed by atoms with van der Waals surface area (Å²) in [7, 11) is 2.23. The normalized spacial score (nSPS) is 24.0. The lowest BCUT2D eigenvalue weighted by atomic mass is 10.3. The van der Waals surface area contributed by atoms with Gasteiger partial charge in [0.25, 0.3) is 0 Å². The smallest absolute Gasteiger partial charge is 0.0477 e. The summed E-state index contributed by atoms with van der Waals surface area (Å²) in [4.78, 5) is 2.45. The van der Waals surface area contributed by atoms with E-state index in [0.717, 1.165) is 51.1 Å². The summed E-state index contributed by atoms with van der Waals surface area (Å²) in [6, 6.07) is 0. The number of ether oxygens (including phenoxy) is 1. The molecule has 3 heteroatoms. The molecule has 0 bridgehead atoms. The summed E-state index contributed by atoms with van der Waals surface area (Å²) in [5.41, 5.74) is 0. The Hall–Kier alpha value is -0.120. The standard InChI is InChI=1S/C13H28N2O/c1-4-16-9-5-6-14-7-8-15(3)11-13-10-12(13)2/h12-14H,4-11H2,1-3H3. The van der Waals surface area contributed by atoms with Crippen LogP contribution in [0.5, 0.6) is 0 Å². The van der Waals surface area contributed by atoms with Gasteiger partial charge in [-0.25, -0.2) is 0 Å². The first-order valence-electron chi connectivity index (χ1n) is 6.71. The maximum atomic E-state index is 5.28. The van der Waals surface area contributed by atoms with Gasteiger partial charge < -0.3 is 15.0 Å². The second kappa shape index (κ2) is 8.04. The van der Waals surface area contributed by atoms with Crippen molar-refractivity contribution in [3.8, 4) is 0 Å². The molecule has 1 rings (SSSR count). The first-order chi connectivity index (χ1) is 7.74. The van der Waals surface area contributed by atoms with Gasteiger partial charge in [-0.15, -0.1) is 0 Å². The highest BCUT2D eigenvalue weighted by Crippen LogP contribution is 2.37. The van der Waals surface area contributed by atoms with E-state index in [1.165, 1.54) is 13.0 Å². The van der Waals surface area contributed by atoms with Crippen LogP contribution in [0.2, 0.25) is 0 Å². The number of likely N-dealkylation sites (N-methyl/N-ethyl adjacent to an activating group) is 1. The van der Waals surface area contributed by atoms with Gasteiger partial charge in [0, 0.05) is 32.8 Å². The lowest BCUT2D eigenvalue weighted by molar-refractivity contribution is 0.144. The molecule has 1 aliphatic rings. The topological polar surface area (TPSA) is 24.5 Å². The molecule has 1 N–H and O–H groups in total. The van der Waals surface area contributed by atoms with Gasteiger partial charge in [0.1, 0.15) is 0 Å². The van der Waals surface area contributed by atoms with E-state index in [2.05, 4.69) is 24.2 Å². The molecular formula is C13H28N2O. The van der Waals surface area contributed by atoms with Crippen molar-refractivity contribution in [3.63, 3.8) is 0 Å². The zero-order chi connectivity index (χ0) is 11.8. The van der Waals surface area contributed by atoms with Crippen molar-refractivity contribution in [3.05, 3.63) is 0 Å². The van der Waals surface area contributed by atoms with E-state index >= 15 is 0 Å². The molecule has 1 saturated carbocycles. The maximum Gasteiger partial charge on any atom is 0.0477 e. The SMILES string of the molecule is CCOCCCNCCN(C)CC1CC1C. The van der Waals surface area contributed by atoms with Gasteiger partial charge in [0.05, 0.1) is 0 Å². The average Bonchev–Trinajstić information content (AvgIpc) is 2.93. The highest BCUT2D eigenvalue weighted by atomic mass is 16.5. The zero-order valence-corrected chi connectivity index (χ0v) is 11.2. The van der Waals surface area contributed by atoms with Crippen LogP contribution in [0.25, 0.3) is 0 Å². The van der Waals surface area contributed by atoms with E-state index in [1.54, 1.807) is 0 Å². The van der Waals surface area contributed by atoms with Gasteiger partial charge in [-0.1, -0.05) is 6.92 Å². The maximum absolute atomic E-state index is 5.28. The van der Waals surface area contributed by atoms with E-state index in [1.807, 2.05) is 6.92 Å². The lowest BCUT2D eigenvalue weighted by Gasteiger charge is -2.16. The van der Waals surface area contributed by atoms with Gasteiger partial charge in [0.15, 0.2) is 0 Å². The van der Waals surface area contributed by atoms with Crippen molar-refractivity contribution in [2.75, 3.05) is 46.4 Å². The highest BCUT2D eigenvalue weighted by molar-refractivity contribution is 4.84. The molecule has 1 aliphatic carbocycles. The summed E-state index contributed by atoms with van der Waals surface area (Å²) in [6.45, 7) is 10.7. The fraction of sp³-hybridized carbons (Fsp3) is 1.00. The van der Waals surface area contributed by atoms with Gasteiger partial charge in [-0.2, -0.15) is 0 Å². The molecular weight excluding hydrogens is 200 g/mol. The predicted molar refractivity (Wildman–Crippen MR) is 68.7 cm³/mol. The Bertz CT molecular complexity index is 175. The Labute approximate surface area is 101 Å². The minimum Gasteiger partial charge on any atom is -0.382 e. The van der Waals surface area contributed by atoms with Crippen LogP contribution in [-0.2, 0) is 4.74 Å². The summed E-state index contributed by atoms with van der Waals surface area (Å²) in [5, 5.41) is 3.46. The zero-order valence-electron chi connectivity index (χ0n) is 11.2. The molecule has 2 unspecified atom stereocenters. The average molecular weight is 228 g/mol. The van der Waals surface area contributed by atoms with E-state index in [4.69, 9.17) is 4.74 Å².